The summed E-state index contributed by atoms with van der Waals surface area (Å²) >= 11 is 0. The first kappa shape index (κ1) is 19.3. The molecule has 2 unspecified atom stereocenters. The third kappa shape index (κ3) is 4.88. The number of carbonyl (C=O) groups excluding carboxylic acids is 4. The lowest BCUT2D eigenvalue weighted by Crippen LogP contribution is -2.33. The van der Waals surface area contributed by atoms with Crippen LogP contribution in [0.25, 0.3) is 0 Å². The first-order valence-corrected chi connectivity index (χ1v) is 8.26. The van der Waals surface area contributed by atoms with E-state index in [0.717, 1.165) is 12.8 Å². The summed E-state index contributed by atoms with van der Waals surface area (Å²) in [6.07, 6.45) is 4.04. The van der Waals surface area contributed by atoms with E-state index in [-0.39, 0.29) is 23.5 Å². The number of Topliss-reactive ketones (excluding diaryl/α,β-unsaturated/α-hetero) is 2. The average molecular weight is 326 g/mol. The summed E-state index contributed by atoms with van der Waals surface area (Å²) in [5, 5.41) is 0. The summed E-state index contributed by atoms with van der Waals surface area (Å²) in [6.45, 7) is 5.89. The molecule has 2 atom stereocenters. The number of esters is 2. The van der Waals surface area contributed by atoms with Gasteiger partial charge in [0.2, 0.25) is 0 Å². The molecule has 2 saturated carbocycles. The second kappa shape index (κ2) is 8.79. The molecule has 0 spiro atoms. The van der Waals surface area contributed by atoms with Crippen LogP contribution in [0.3, 0.4) is 0 Å². The Hall–Kier alpha value is -1.72. The van der Waals surface area contributed by atoms with E-state index in [0.29, 0.717) is 38.9 Å². The van der Waals surface area contributed by atoms with Gasteiger partial charge in [0.15, 0.2) is 0 Å². The van der Waals surface area contributed by atoms with Gasteiger partial charge < -0.3 is 9.47 Å². The van der Waals surface area contributed by atoms with Crippen molar-refractivity contribution in [3.8, 4) is 0 Å². The quantitative estimate of drug-likeness (QED) is 0.581. The highest BCUT2D eigenvalue weighted by atomic mass is 16.5. The van der Waals surface area contributed by atoms with Gasteiger partial charge in [-0.1, -0.05) is 0 Å². The normalized spacial score (nSPS) is 26.5. The lowest BCUT2D eigenvalue weighted by molar-refractivity contribution is -0.157. The molecule has 0 bridgehead atoms. The minimum absolute atomic E-state index is 0.0287. The van der Waals surface area contributed by atoms with Gasteiger partial charge in [-0.15, -0.1) is 0 Å². The van der Waals surface area contributed by atoms with E-state index in [4.69, 9.17) is 9.47 Å². The molecule has 0 saturated heterocycles. The first-order valence-electron chi connectivity index (χ1n) is 8.26. The molecule has 6 nitrogen and oxygen atoms in total. The maximum absolute atomic E-state index is 11.3. The van der Waals surface area contributed by atoms with Gasteiger partial charge in [0.1, 0.15) is 22.9 Å². The van der Waals surface area contributed by atoms with Crippen LogP contribution in [0.4, 0.5) is 0 Å². The Morgan fingerprint density at radius 2 is 1.74 bits per heavy atom. The van der Waals surface area contributed by atoms with Gasteiger partial charge in [0, 0.05) is 12.8 Å². The van der Waals surface area contributed by atoms with Gasteiger partial charge in [0.05, 0.1) is 13.2 Å². The fourth-order valence-corrected chi connectivity index (χ4v) is 2.83. The van der Waals surface area contributed by atoms with Gasteiger partial charge in [-0.25, -0.2) is 0 Å². The zero-order valence-electron chi connectivity index (χ0n) is 14.2. The smallest absolute Gasteiger partial charge is 0.319 e. The maximum Gasteiger partial charge on any atom is 0.319 e. The van der Waals surface area contributed by atoms with Crippen LogP contribution in [0.2, 0.25) is 0 Å². The molecule has 6 heteroatoms. The standard InChI is InChI=1S/C9H14O3.C8H12O3/c1-3-12-8(11)9(2)6-4-5-7(9)10;1-2-11-8(10)6-4-3-5-7(6)9/h3-6H2,1-2H3;6H,2-5H2,1H3. The van der Waals surface area contributed by atoms with Crippen LogP contribution in [-0.2, 0) is 28.7 Å². The van der Waals surface area contributed by atoms with Crippen molar-refractivity contribution in [2.75, 3.05) is 13.2 Å². The van der Waals surface area contributed by atoms with Gasteiger partial charge in [-0.2, -0.15) is 0 Å². The second-order valence-electron chi connectivity index (χ2n) is 5.99. The van der Waals surface area contributed by atoms with Crippen molar-refractivity contribution >= 4 is 23.5 Å². The minimum Gasteiger partial charge on any atom is -0.465 e. The molecule has 0 aromatic rings. The lowest BCUT2D eigenvalue weighted by Gasteiger charge is -2.18. The lowest BCUT2D eigenvalue weighted by atomic mass is 9.88. The van der Waals surface area contributed by atoms with Crippen LogP contribution < -0.4 is 0 Å². The largest absolute Gasteiger partial charge is 0.465 e. The van der Waals surface area contributed by atoms with E-state index in [1.807, 2.05) is 0 Å². The molecule has 0 aromatic carbocycles. The summed E-state index contributed by atoms with van der Waals surface area (Å²) in [4.78, 5) is 44.6. The highest BCUT2D eigenvalue weighted by molar-refractivity contribution is 6.04. The van der Waals surface area contributed by atoms with Crippen LogP contribution in [0.15, 0.2) is 0 Å². The molecule has 0 aromatic heterocycles. The molecular formula is C17H26O6. The zero-order chi connectivity index (χ0) is 17.5. The van der Waals surface area contributed by atoms with Gasteiger partial charge in [-0.3, -0.25) is 19.2 Å². The highest BCUT2D eigenvalue weighted by Crippen LogP contribution is 2.35. The predicted octanol–water partition coefficient (Wildman–Crippen LogP) is 2.23. The van der Waals surface area contributed by atoms with Crippen LogP contribution >= 0.6 is 0 Å². The summed E-state index contributed by atoms with van der Waals surface area (Å²) in [6, 6.07) is 0. The van der Waals surface area contributed by atoms with Crippen LogP contribution in [0, 0.1) is 11.3 Å². The van der Waals surface area contributed by atoms with Crippen molar-refractivity contribution < 1.29 is 28.7 Å². The topological polar surface area (TPSA) is 86.7 Å². The monoisotopic (exact) mass is 326 g/mol. The van der Waals surface area contributed by atoms with Crippen LogP contribution in [-0.4, -0.2) is 36.7 Å². The van der Waals surface area contributed by atoms with Crippen LogP contribution in [0.5, 0.6) is 0 Å². The fourth-order valence-electron chi connectivity index (χ4n) is 2.83. The molecule has 0 N–H and O–H groups in total. The third-order valence-corrected chi connectivity index (χ3v) is 4.30. The number of hydrogen-bond donors (Lipinski definition) is 0. The number of carbonyl (C=O) groups is 4. The Labute approximate surface area is 136 Å². The fraction of sp³-hybridized carbons (Fsp3) is 0.765. The van der Waals surface area contributed by atoms with Gasteiger partial charge in [0.25, 0.3) is 0 Å². The third-order valence-electron chi connectivity index (χ3n) is 4.30. The first-order chi connectivity index (χ1) is 10.9. The Kier molecular flexibility index (Phi) is 7.39. The van der Waals surface area contributed by atoms with E-state index in [9.17, 15) is 19.2 Å². The molecule has 0 heterocycles. The number of hydrogen-bond acceptors (Lipinski definition) is 6. The Bertz CT molecular complexity index is 470. The maximum atomic E-state index is 11.3. The Morgan fingerprint density at radius 1 is 1.09 bits per heavy atom. The Balaban J connectivity index is 0.000000231. The van der Waals surface area contributed by atoms with Crippen molar-refractivity contribution in [2.24, 2.45) is 11.3 Å². The molecule has 2 fully saturated rings. The summed E-state index contributed by atoms with van der Waals surface area (Å²) < 4.78 is 9.58. The summed E-state index contributed by atoms with van der Waals surface area (Å²) in [5.41, 5.74) is -0.837. The van der Waals surface area contributed by atoms with Crippen molar-refractivity contribution in [3.05, 3.63) is 0 Å². The molecule has 0 amide bonds. The molecule has 23 heavy (non-hydrogen) atoms. The molecule has 2 rings (SSSR count). The molecule has 2 aliphatic carbocycles. The van der Waals surface area contributed by atoms with Crippen molar-refractivity contribution in [1.29, 1.82) is 0 Å². The van der Waals surface area contributed by atoms with E-state index in [1.54, 1.807) is 20.8 Å². The van der Waals surface area contributed by atoms with Gasteiger partial charge in [-0.05, 0) is 46.5 Å². The van der Waals surface area contributed by atoms with E-state index >= 15 is 0 Å². The van der Waals surface area contributed by atoms with Crippen molar-refractivity contribution in [3.63, 3.8) is 0 Å². The zero-order valence-corrected chi connectivity index (χ0v) is 14.2. The van der Waals surface area contributed by atoms with Crippen LogP contribution in [0.1, 0.15) is 59.3 Å². The second-order valence-corrected chi connectivity index (χ2v) is 5.99. The number of ketones is 2. The highest BCUT2D eigenvalue weighted by Gasteiger charge is 2.45. The summed E-state index contributed by atoms with van der Waals surface area (Å²) in [7, 11) is 0. The molecule has 130 valence electrons. The minimum atomic E-state index is -0.837. The number of ether oxygens (including phenoxy) is 2. The molecule has 0 radical (unpaired) electrons. The van der Waals surface area contributed by atoms with Crippen molar-refractivity contribution in [1.82, 2.24) is 0 Å². The van der Waals surface area contributed by atoms with Crippen molar-refractivity contribution in [2.45, 2.75) is 59.3 Å². The average Bonchev–Trinajstić information content (AvgIpc) is 3.08. The Morgan fingerprint density at radius 3 is 2.17 bits per heavy atom. The SMILES string of the molecule is CCOC(=O)C1(C)CCCC1=O.CCOC(=O)C1CCCC1=O. The van der Waals surface area contributed by atoms with E-state index in [2.05, 4.69) is 0 Å². The molecule has 0 aliphatic heterocycles. The molecular weight excluding hydrogens is 300 g/mol. The van der Waals surface area contributed by atoms with Gasteiger partial charge >= 0.3 is 11.9 Å². The van der Waals surface area contributed by atoms with E-state index in [1.165, 1.54) is 0 Å². The molecule has 2 aliphatic rings. The summed E-state index contributed by atoms with van der Waals surface area (Å²) in [5.74, 6) is -1.07. The number of rotatable bonds is 4. The van der Waals surface area contributed by atoms with E-state index < -0.39 is 11.3 Å². The predicted molar refractivity (Wildman–Crippen MR) is 82.6 cm³/mol.